The normalized spacial score (nSPS) is 10.9. The Bertz CT molecular complexity index is 602. The molecule has 0 aliphatic rings. The minimum absolute atomic E-state index is 0.0486. The smallest absolute Gasteiger partial charge is 0.272 e. The molecule has 2 heterocycles. The van der Waals surface area contributed by atoms with Gasteiger partial charge in [0.25, 0.3) is 5.91 Å². The van der Waals surface area contributed by atoms with Gasteiger partial charge in [-0.1, -0.05) is 6.92 Å². The van der Waals surface area contributed by atoms with Crippen LogP contribution in [0.4, 0.5) is 0 Å². The topological polar surface area (TPSA) is 37.6 Å². The van der Waals surface area contributed by atoms with Gasteiger partial charge in [0.2, 0.25) is 0 Å². The summed E-state index contributed by atoms with van der Waals surface area (Å²) in [5.74, 6) is 0.0486. The highest BCUT2D eigenvalue weighted by atomic mass is 79.9. The van der Waals surface area contributed by atoms with E-state index in [0.717, 1.165) is 22.2 Å². The summed E-state index contributed by atoms with van der Waals surface area (Å²) in [4.78, 5) is 19.0. The van der Waals surface area contributed by atoms with Crippen LogP contribution in [-0.2, 0) is 6.42 Å². The molecule has 0 atom stereocenters. The molecule has 0 fully saturated rings. The van der Waals surface area contributed by atoms with Gasteiger partial charge < -0.3 is 4.90 Å². The first-order chi connectivity index (χ1) is 9.12. The summed E-state index contributed by atoms with van der Waals surface area (Å²) in [5.41, 5.74) is 2.35. The summed E-state index contributed by atoms with van der Waals surface area (Å²) < 4.78 is 2.82. The van der Waals surface area contributed by atoms with Crippen LogP contribution >= 0.6 is 15.9 Å². The van der Waals surface area contributed by atoms with E-state index in [2.05, 4.69) is 20.9 Å². The van der Waals surface area contributed by atoms with Gasteiger partial charge in [-0.05, 0) is 48.3 Å². The molecule has 4 nitrogen and oxygen atoms in total. The maximum Gasteiger partial charge on any atom is 0.272 e. The van der Waals surface area contributed by atoms with E-state index >= 15 is 0 Å². The molecular weight excluding hydrogens is 306 g/mol. The lowest BCUT2D eigenvalue weighted by Gasteiger charge is -2.18. The van der Waals surface area contributed by atoms with Crippen molar-refractivity contribution >= 4 is 27.5 Å². The standard InChI is InChI=1S/C14H18BrN3O/c1-4-11-13(14(19)17(5-2)6-3)18-9-10(15)7-8-12(18)16-11/h7-9H,4-6H2,1-3H3. The number of amides is 1. The van der Waals surface area contributed by atoms with Crippen LogP contribution in [0.1, 0.15) is 37.0 Å². The first-order valence-corrected chi connectivity index (χ1v) is 7.37. The molecule has 2 rings (SSSR count). The number of hydrogen-bond acceptors (Lipinski definition) is 2. The molecule has 0 aliphatic heterocycles. The summed E-state index contributed by atoms with van der Waals surface area (Å²) in [6.45, 7) is 7.42. The quantitative estimate of drug-likeness (QED) is 0.866. The molecule has 0 saturated heterocycles. The van der Waals surface area contributed by atoms with Crippen molar-refractivity contribution in [2.75, 3.05) is 13.1 Å². The highest BCUT2D eigenvalue weighted by Crippen LogP contribution is 2.19. The fraction of sp³-hybridized carbons (Fsp3) is 0.429. The van der Waals surface area contributed by atoms with Crippen molar-refractivity contribution in [3.05, 3.63) is 34.2 Å². The zero-order valence-electron chi connectivity index (χ0n) is 11.5. The van der Waals surface area contributed by atoms with Gasteiger partial charge >= 0.3 is 0 Å². The van der Waals surface area contributed by atoms with Crippen molar-refractivity contribution in [1.82, 2.24) is 14.3 Å². The zero-order valence-corrected chi connectivity index (χ0v) is 13.1. The number of halogens is 1. The molecule has 102 valence electrons. The summed E-state index contributed by atoms with van der Waals surface area (Å²) in [7, 11) is 0. The molecule has 0 bridgehead atoms. The third-order valence-corrected chi connectivity index (χ3v) is 3.71. The Hall–Kier alpha value is -1.36. The number of imidazole rings is 1. The maximum absolute atomic E-state index is 12.6. The Morgan fingerprint density at radius 3 is 2.58 bits per heavy atom. The van der Waals surface area contributed by atoms with E-state index in [9.17, 15) is 4.79 Å². The highest BCUT2D eigenvalue weighted by Gasteiger charge is 2.21. The van der Waals surface area contributed by atoms with Crippen molar-refractivity contribution in [3.8, 4) is 0 Å². The molecule has 0 aliphatic carbocycles. The number of aromatic nitrogens is 2. The number of rotatable bonds is 4. The van der Waals surface area contributed by atoms with Crippen molar-refractivity contribution in [3.63, 3.8) is 0 Å². The van der Waals surface area contributed by atoms with Gasteiger partial charge in [-0.2, -0.15) is 0 Å². The van der Waals surface area contributed by atoms with Gasteiger partial charge in [-0.25, -0.2) is 4.98 Å². The van der Waals surface area contributed by atoms with Crippen LogP contribution in [0, 0.1) is 0 Å². The van der Waals surface area contributed by atoms with Crippen molar-refractivity contribution < 1.29 is 4.79 Å². The van der Waals surface area contributed by atoms with Gasteiger partial charge in [-0.15, -0.1) is 0 Å². The Balaban J connectivity index is 2.62. The van der Waals surface area contributed by atoms with Crippen LogP contribution in [0.15, 0.2) is 22.8 Å². The monoisotopic (exact) mass is 323 g/mol. The minimum atomic E-state index is 0.0486. The van der Waals surface area contributed by atoms with Crippen LogP contribution < -0.4 is 0 Å². The summed E-state index contributed by atoms with van der Waals surface area (Å²) in [6.07, 6.45) is 2.65. The van der Waals surface area contributed by atoms with Crippen molar-refractivity contribution in [1.29, 1.82) is 0 Å². The summed E-state index contributed by atoms with van der Waals surface area (Å²) in [6, 6.07) is 3.86. The second-order valence-corrected chi connectivity index (χ2v) is 5.23. The molecule has 2 aromatic rings. The van der Waals surface area contributed by atoms with Gasteiger partial charge in [0.15, 0.2) is 0 Å². The van der Waals surface area contributed by atoms with Gasteiger partial charge in [0.1, 0.15) is 11.3 Å². The van der Waals surface area contributed by atoms with Gasteiger partial charge in [-0.3, -0.25) is 9.20 Å². The lowest BCUT2D eigenvalue weighted by molar-refractivity contribution is 0.0765. The van der Waals surface area contributed by atoms with Crippen LogP contribution in [0.5, 0.6) is 0 Å². The number of carbonyl (C=O) groups is 1. The average molecular weight is 324 g/mol. The molecule has 0 unspecified atom stereocenters. The highest BCUT2D eigenvalue weighted by molar-refractivity contribution is 9.10. The van der Waals surface area contributed by atoms with Crippen LogP contribution in [0.2, 0.25) is 0 Å². The molecule has 0 N–H and O–H groups in total. The molecule has 0 spiro atoms. The summed E-state index contributed by atoms with van der Waals surface area (Å²) in [5, 5.41) is 0. The third kappa shape index (κ3) is 2.52. The first-order valence-electron chi connectivity index (χ1n) is 6.58. The van der Waals surface area contributed by atoms with Crippen molar-refractivity contribution in [2.45, 2.75) is 27.2 Å². The SMILES string of the molecule is CCc1nc2ccc(Br)cn2c1C(=O)N(CC)CC. The fourth-order valence-electron chi connectivity index (χ4n) is 2.20. The molecule has 0 radical (unpaired) electrons. The number of nitrogens with zero attached hydrogens (tertiary/aromatic N) is 3. The van der Waals surface area contributed by atoms with E-state index in [4.69, 9.17) is 0 Å². The lowest BCUT2D eigenvalue weighted by atomic mass is 10.2. The number of hydrogen-bond donors (Lipinski definition) is 0. The number of carbonyl (C=O) groups excluding carboxylic acids is 1. The van der Waals surface area contributed by atoms with E-state index in [1.165, 1.54) is 0 Å². The zero-order chi connectivity index (χ0) is 14.0. The second-order valence-electron chi connectivity index (χ2n) is 4.31. The van der Waals surface area contributed by atoms with Crippen LogP contribution in [-0.4, -0.2) is 33.3 Å². The molecular formula is C14H18BrN3O. The number of pyridine rings is 1. The van der Waals surface area contributed by atoms with Gasteiger partial charge in [0.05, 0.1) is 5.69 Å². The van der Waals surface area contributed by atoms with Crippen LogP contribution in [0.3, 0.4) is 0 Å². The Morgan fingerprint density at radius 1 is 1.32 bits per heavy atom. The maximum atomic E-state index is 12.6. The van der Waals surface area contributed by atoms with E-state index in [0.29, 0.717) is 18.8 Å². The predicted molar refractivity (Wildman–Crippen MR) is 79.5 cm³/mol. The fourth-order valence-corrected chi connectivity index (χ4v) is 2.54. The van der Waals surface area contributed by atoms with E-state index in [-0.39, 0.29) is 5.91 Å². The number of fused-ring (bicyclic) bond motifs is 1. The molecule has 0 aromatic carbocycles. The second kappa shape index (κ2) is 5.74. The van der Waals surface area contributed by atoms with Crippen LogP contribution in [0.25, 0.3) is 5.65 Å². The lowest BCUT2D eigenvalue weighted by Crippen LogP contribution is -2.32. The first kappa shape index (κ1) is 14.1. The van der Waals surface area contributed by atoms with Gasteiger partial charge in [0, 0.05) is 23.8 Å². The molecule has 5 heteroatoms. The van der Waals surface area contributed by atoms with E-state index in [1.807, 2.05) is 48.4 Å². The average Bonchev–Trinajstić information content (AvgIpc) is 2.77. The molecule has 0 saturated carbocycles. The van der Waals surface area contributed by atoms with E-state index in [1.54, 1.807) is 0 Å². The minimum Gasteiger partial charge on any atom is -0.338 e. The van der Waals surface area contributed by atoms with E-state index < -0.39 is 0 Å². The Labute approximate surface area is 121 Å². The molecule has 19 heavy (non-hydrogen) atoms. The molecule has 2 aromatic heterocycles. The Kier molecular flexibility index (Phi) is 4.24. The predicted octanol–water partition coefficient (Wildman–Crippen LogP) is 3.14. The largest absolute Gasteiger partial charge is 0.338 e. The van der Waals surface area contributed by atoms with Crippen molar-refractivity contribution in [2.24, 2.45) is 0 Å². The molecule has 1 amide bonds. The summed E-state index contributed by atoms with van der Waals surface area (Å²) >= 11 is 3.44. The number of aryl methyl sites for hydroxylation is 1. The Morgan fingerprint density at radius 2 is 2.00 bits per heavy atom. The third-order valence-electron chi connectivity index (χ3n) is 3.24.